The number of hydrogen-bond donors (Lipinski definition) is 2. The zero-order valence-corrected chi connectivity index (χ0v) is 13.5. The Morgan fingerprint density at radius 2 is 1.90 bits per heavy atom. The zero-order chi connectivity index (χ0) is 15.1. The molecule has 3 heteroatoms. The molecule has 1 aromatic carbocycles. The summed E-state index contributed by atoms with van der Waals surface area (Å²) >= 11 is 0. The molecular formula is C18H30N2O. The lowest BCUT2D eigenvalue weighted by Gasteiger charge is -2.36. The third-order valence-corrected chi connectivity index (χ3v) is 4.83. The first-order valence-corrected chi connectivity index (χ1v) is 8.36. The van der Waals surface area contributed by atoms with Gasteiger partial charge in [-0.25, -0.2) is 0 Å². The zero-order valence-electron chi connectivity index (χ0n) is 13.5. The minimum absolute atomic E-state index is 0.159. The molecule has 21 heavy (non-hydrogen) atoms. The topological polar surface area (TPSA) is 35.5 Å². The van der Waals surface area contributed by atoms with E-state index in [0.717, 1.165) is 12.3 Å². The molecule has 1 fully saturated rings. The van der Waals surface area contributed by atoms with E-state index in [1.165, 1.54) is 38.0 Å². The smallest absolute Gasteiger partial charge is 0.0587 e. The van der Waals surface area contributed by atoms with Crippen molar-refractivity contribution in [3.8, 4) is 0 Å². The first-order valence-electron chi connectivity index (χ1n) is 8.36. The molecule has 1 unspecified atom stereocenters. The fourth-order valence-corrected chi connectivity index (χ4v) is 3.35. The van der Waals surface area contributed by atoms with Crippen molar-refractivity contribution in [2.24, 2.45) is 5.92 Å². The average molecular weight is 290 g/mol. The standard InChI is InChI=1S/C18H30N2O/c1-3-20-11-9-17(10-12-20)15(2)19-18(14-21)13-16-7-5-4-6-8-16/h4-8,15,17-19,21H,3,9-14H2,1-2H3/t15?,18-/m1/s1. The number of rotatable bonds is 7. The maximum Gasteiger partial charge on any atom is 0.0587 e. The van der Waals surface area contributed by atoms with Crippen LogP contribution in [0.1, 0.15) is 32.3 Å². The largest absolute Gasteiger partial charge is 0.395 e. The van der Waals surface area contributed by atoms with Crippen LogP contribution in [0.4, 0.5) is 0 Å². The Morgan fingerprint density at radius 3 is 2.48 bits per heavy atom. The highest BCUT2D eigenvalue weighted by molar-refractivity contribution is 5.16. The summed E-state index contributed by atoms with van der Waals surface area (Å²) in [6, 6.07) is 11.1. The second kappa shape index (κ2) is 8.52. The number of hydrogen-bond acceptors (Lipinski definition) is 3. The van der Waals surface area contributed by atoms with Gasteiger partial charge < -0.3 is 15.3 Å². The summed E-state index contributed by atoms with van der Waals surface area (Å²) < 4.78 is 0. The van der Waals surface area contributed by atoms with Gasteiger partial charge in [-0.2, -0.15) is 0 Å². The van der Waals surface area contributed by atoms with E-state index < -0.39 is 0 Å². The Morgan fingerprint density at radius 1 is 1.24 bits per heavy atom. The van der Waals surface area contributed by atoms with Crippen LogP contribution in [-0.2, 0) is 6.42 Å². The fraction of sp³-hybridized carbons (Fsp3) is 0.667. The molecule has 0 amide bonds. The SMILES string of the molecule is CCN1CCC(C(C)N[C@@H](CO)Cc2ccccc2)CC1. The van der Waals surface area contributed by atoms with E-state index in [1.54, 1.807) is 0 Å². The summed E-state index contributed by atoms with van der Waals surface area (Å²) in [5, 5.41) is 13.3. The second-order valence-electron chi connectivity index (χ2n) is 6.30. The molecule has 3 nitrogen and oxygen atoms in total. The van der Waals surface area contributed by atoms with Gasteiger partial charge in [0.1, 0.15) is 0 Å². The van der Waals surface area contributed by atoms with Crippen molar-refractivity contribution in [3.05, 3.63) is 35.9 Å². The Balaban J connectivity index is 1.81. The highest BCUT2D eigenvalue weighted by Gasteiger charge is 2.24. The van der Waals surface area contributed by atoms with Gasteiger partial charge in [-0.3, -0.25) is 0 Å². The lowest BCUT2D eigenvalue weighted by atomic mass is 9.89. The predicted octanol–water partition coefficient (Wildman–Crippen LogP) is 2.30. The number of piperidine rings is 1. The maximum atomic E-state index is 9.64. The summed E-state index contributed by atoms with van der Waals surface area (Å²) in [5.41, 5.74) is 1.29. The van der Waals surface area contributed by atoms with Crippen LogP contribution < -0.4 is 5.32 Å². The summed E-state index contributed by atoms with van der Waals surface area (Å²) in [4.78, 5) is 2.52. The van der Waals surface area contributed by atoms with Gasteiger partial charge in [0.05, 0.1) is 6.61 Å². The third kappa shape index (κ3) is 5.10. The Kier molecular flexibility index (Phi) is 6.68. The number of nitrogens with zero attached hydrogens (tertiary/aromatic N) is 1. The molecule has 1 aliphatic heterocycles. The maximum absolute atomic E-state index is 9.64. The van der Waals surface area contributed by atoms with Gasteiger partial charge in [-0.05, 0) is 57.3 Å². The minimum Gasteiger partial charge on any atom is -0.395 e. The molecule has 0 radical (unpaired) electrons. The predicted molar refractivity (Wildman–Crippen MR) is 88.5 cm³/mol. The van der Waals surface area contributed by atoms with Gasteiger partial charge in [-0.1, -0.05) is 37.3 Å². The Labute approximate surface area is 129 Å². The van der Waals surface area contributed by atoms with Crippen LogP contribution in [0.3, 0.4) is 0 Å². The van der Waals surface area contributed by atoms with E-state index >= 15 is 0 Å². The van der Waals surface area contributed by atoms with Crippen LogP contribution in [-0.4, -0.2) is 48.3 Å². The molecule has 0 spiro atoms. The fourth-order valence-electron chi connectivity index (χ4n) is 3.35. The molecule has 1 heterocycles. The average Bonchev–Trinajstić information content (AvgIpc) is 2.55. The molecular weight excluding hydrogens is 260 g/mol. The Hall–Kier alpha value is -0.900. The van der Waals surface area contributed by atoms with Crippen LogP contribution in [0.25, 0.3) is 0 Å². The van der Waals surface area contributed by atoms with E-state index in [9.17, 15) is 5.11 Å². The monoisotopic (exact) mass is 290 g/mol. The van der Waals surface area contributed by atoms with Crippen molar-refractivity contribution in [1.82, 2.24) is 10.2 Å². The van der Waals surface area contributed by atoms with Crippen molar-refractivity contribution < 1.29 is 5.11 Å². The highest BCUT2D eigenvalue weighted by atomic mass is 16.3. The van der Waals surface area contributed by atoms with E-state index in [-0.39, 0.29) is 12.6 Å². The van der Waals surface area contributed by atoms with Crippen molar-refractivity contribution in [1.29, 1.82) is 0 Å². The Bertz CT molecular complexity index is 387. The van der Waals surface area contributed by atoms with Crippen LogP contribution in [0.2, 0.25) is 0 Å². The van der Waals surface area contributed by atoms with Crippen LogP contribution in [0, 0.1) is 5.92 Å². The minimum atomic E-state index is 0.159. The van der Waals surface area contributed by atoms with E-state index in [4.69, 9.17) is 0 Å². The molecule has 0 bridgehead atoms. The summed E-state index contributed by atoms with van der Waals surface area (Å²) in [7, 11) is 0. The molecule has 118 valence electrons. The van der Waals surface area contributed by atoms with Gasteiger partial charge in [0.15, 0.2) is 0 Å². The number of benzene rings is 1. The lowest BCUT2D eigenvalue weighted by Crippen LogP contribution is -2.47. The number of nitrogens with one attached hydrogen (secondary N) is 1. The number of aliphatic hydroxyl groups excluding tert-OH is 1. The molecule has 2 N–H and O–H groups in total. The van der Waals surface area contributed by atoms with E-state index in [0.29, 0.717) is 6.04 Å². The van der Waals surface area contributed by atoms with Gasteiger partial charge >= 0.3 is 0 Å². The summed E-state index contributed by atoms with van der Waals surface area (Å²) in [6.45, 7) is 8.32. The molecule has 2 atom stereocenters. The van der Waals surface area contributed by atoms with Gasteiger partial charge in [0.2, 0.25) is 0 Å². The van der Waals surface area contributed by atoms with Crippen molar-refractivity contribution >= 4 is 0 Å². The second-order valence-corrected chi connectivity index (χ2v) is 6.30. The molecule has 1 aromatic rings. The molecule has 0 aliphatic carbocycles. The summed E-state index contributed by atoms with van der Waals surface area (Å²) in [6.07, 6.45) is 3.44. The van der Waals surface area contributed by atoms with Gasteiger partial charge in [-0.15, -0.1) is 0 Å². The molecule has 1 aliphatic rings. The lowest BCUT2D eigenvalue weighted by molar-refractivity contribution is 0.153. The van der Waals surface area contributed by atoms with E-state index in [2.05, 4.69) is 48.3 Å². The van der Waals surface area contributed by atoms with Crippen molar-refractivity contribution in [2.75, 3.05) is 26.2 Å². The van der Waals surface area contributed by atoms with E-state index in [1.807, 2.05) is 6.07 Å². The number of likely N-dealkylation sites (tertiary alicyclic amines) is 1. The quantitative estimate of drug-likeness (QED) is 0.809. The van der Waals surface area contributed by atoms with Gasteiger partial charge in [0.25, 0.3) is 0 Å². The normalized spacial score (nSPS) is 20.3. The van der Waals surface area contributed by atoms with Crippen LogP contribution in [0.15, 0.2) is 30.3 Å². The van der Waals surface area contributed by atoms with Crippen LogP contribution >= 0.6 is 0 Å². The first kappa shape index (κ1) is 16.5. The molecule has 1 saturated heterocycles. The van der Waals surface area contributed by atoms with Crippen molar-refractivity contribution in [3.63, 3.8) is 0 Å². The van der Waals surface area contributed by atoms with Gasteiger partial charge in [0, 0.05) is 12.1 Å². The molecule has 0 saturated carbocycles. The first-order chi connectivity index (χ1) is 10.2. The number of aliphatic hydroxyl groups is 1. The molecule has 0 aromatic heterocycles. The highest BCUT2D eigenvalue weighted by Crippen LogP contribution is 2.21. The van der Waals surface area contributed by atoms with Crippen molar-refractivity contribution in [2.45, 2.75) is 45.2 Å². The van der Waals surface area contributed by atoms with Crippen LogP contribution in [0.5, 0.6) is 0 Å². The third-order valence-electron chi connectivity index (χ3n) is 4.83. The molecule has 2 rings (SSSR count). The summed E-state index contributed by atoms with van der Waals surface area (Å²) in [5.74, 6) is 0.734.